The standard InChI is InChI=1S/C18H28N3O/c1-5-21(3,4)20-11-8-15-6-7-16(14-17(15)20)18(22)9-12-19(2)13-10-18/h6-8,11,14,22H,5,9-10,12-13H2,1-4H3/q+1. The van der Waals surface area contributed by atoms with Crippen molar-refractivity contribution >= 4 is 10.9 Å². The van der Waals surface area contributed by atoms with Gasteiger partial charge in [0.25, 0.3) is 0 Å². The average molecular weight is 302 g/mol. The zero-order valence-corrected chi connectivity index (χ0v) is 14.2. The smallest absolute Gasteiger partial charge is 0.101 e. The first-order chi connectivity index (χ1) is 10.4. The molecule has 120 valence electrons. The number of nitrogens with zero attached hydrogens (tertiary/aromatic N) is 3. The van der Waals surface area contributed by atoms with Gasteiger partial charge in [0.1, 0.15) is 5.52 Å². The molecule has 4 nitrogen and oxygen atoms in total. The number of benzene rings is 1. The molecule has 0 amide bonds. The van der Waals surface area contributed by atoms with Crippen molar-refractivity contribution in [2.45, 2.75) is 25.4 Å². The third-order valence-corrected chi connectivity index (χ3v) is 5.38. The topological polar surface area (TPSA) is 28.4 Å². The molecular weight excluding hydrogens is 274 g/mol. The maximum Gasteiger partial charge on any atom is 0.101 e. The summed E-state index contributed by atoms with van der Waals surface area (Å²) in [7, 11) is 6.53. The fourth-order valence-electron chi connectivity index (χ4n) is 3.31. The summed E-state index contributed by atoms with van der Waals surface area (Å²) in [5.74, 6) is 0. The minimum absolute atomic E-state index is 0.681. The zero-order chi connectivity index (χ0) is 16.0. The molecule has 0 atom stereocenters. The Morgan fingerprint density at radius 1 is 1.18 bits per heavy atom. The number of rotatable bonds is 3. The largest absolute Gasteiger partial charge is 0.385 e. The molecule has 0 bridgehead atoms. The molecule has 0 radical (unpaired) electrons. The number of likely N-dealkylation sites (tertiary alicyclic amines) is 1. The summed E-state index contributed by atoms with van der Waals surface area (Å²) < 4.78 is 3.07. The third-order valence-electron chi connectivity index (χ3n) is 5.38. The molecule has 0 aliphatic carbocycles. The van der Waals surface area contributed by atoms with Crippen molar-refractivity contribution in [3.05, 3.63) is 36.0 Å². The molecule has 4 heteroatoms. The van der Waals surface area contributed by atoms with E-state index in [4.69, 9.17) is 0 Å². The van der Waals surface area contributed by atoms with Gasteiger partial charge in [0.15, 0.2) is 0 Å². The van der Waals surface area contributed by atoms with Crippen LogP contribution in [0.3, 0.4) is 0 Å². The van der Waals surface area contributed by atoms with Crippen molar-refractivity contribution in [1.29, 1.82) is 0 Å². The molecule has 1 N–H and O–H groups in total. The first-order valence-electron chi connectivity index (χ1n) is 8.22. The molecule has 1 aliphatic rings. The van der Waals surface area contributed by atoms with Gasteiger partial charge in [-0.05, 0) is 44.5 Å². The van der Waals surface area contributed by atoms with Gasteiger partial charge in [-0.3, -0.25) is 0 Å². The summed E-state index contributed by atoms with van der Waals surface area (Å²) in [5.41, 5.74) is 1.58. The second-order valence-electron chi connectivity index (χ2n) is 7.21. The van der Waals surface area contributed by atoms with Gasteiger partial charge < -0.3 is 10.0 Å². The molecule has 1 fully saturated rings. The molecule has 0 spiro atoms. The van der Waals surface area contributed by atoms with Crippen LogP contribution in [-0.4, -0.2) is 55.5 Å². The van der Waals surface area contributed by atoms with E-state index in [0.29, 0.717) is 0 Å². The molecule has 2 aromatic rings. The van der Waals surface area contributed by atoms with E-state index in [2.05, 4.69) is 68.1 Å². The fourth-order valence-corrected chi connectivity index (χ4v) is 3.31. The van der Waals surface area contributed by atoms with Crippen LogP contribution < -0.4 is 4.59 Å². The summed E-state index contributed by atoms with van der Waals surface area (Å²) in [6.45, 7) is 5.11. The predicted octanol–water partition coefficient (Wildman–Crippen LogP) is 2.27. The SMILES string of the molecule is CC[N+](C)(C)n1ccc2ccc(C3(O)CCN(C)CC3)cc21. The van der Waals surface area contributed by atoms with Crippen molar-refractivity contribution in [1.82, 2.24) is 14.2 Å². The second kappa shape index (κ2) is 5.37. The van der Waals surface area contributed by atoms with Crippen LogP contribution in [0.25, 0.3) is 10.9 Å². The Bertz CT molecular complexity index is 666. The van der Waals surface area contributed by atoms with Gasteiger partial charge in [0.2, 0.25) is 0 Å². The van der Waals surface area contributed by atoms with Crippen LogP contribution in [0.1, 0.15) is 25.3 Å². The number of quaternary nitrogens is 1. The third kappa shape index (κ3) is 2.56. The Morgan fingerprint density at radius 2 is 1.86 bits per heavy atom. The van der Waals surface area contributed by atoms with Crippen molar-refractivity contribution < 1.29 is 5.11 Å². The van der Waals surface area contributed by atoms with Crippen LogP contribution in [0, 0.1) is 0 Å². The van der Waals surface area contributed by atoms with Crippen molar-refractivity contribution in [3.63, 3.8) is 0 Å². The summed E-state index contributed by atoms with van der Waals surface area (Å²) in [4.78, 5) is 2.28. The van der Waals surface area contributed by atoms with Crippen LogP contribution in [-0.2, 0) is 5.60 Å². The first kappa shape index (κ1) is 15.5. The molecule has 1 aromatic heterocycles. The molecule has 1 aromatic carbocycles. The normalized spacial score (nSPS) is 19.7. The molecule has 1 saturated heterocycles. The number of piperidine rings is 1. The van der Waals surface area contributed by atoms with E-state index in [1.807, 2.05) is 0 Å². The van der Waals surface area contributed by atoms with E-state index in [1.165, 1.54) is 10.9 Å². The van der Waals surface area contributed by atoms with Gasteiger partial charge in [-0.1, -0.05) is 12.1 Å². The van der Waals surface area contributed by atoms with E-state index < -0.39 is 5.60 Å². The minimum atomic E-state index is -0.681. The number of hydrogen-bond donors (Lipinski definition) is 1. The lowest BCUT2D eigenvalue weighted by Gasteiger charge is -2.37. The molecule has 0 saturated carbocycles. The Hall–Kier alpha value is -1.36. The highest BCUT2D eigenvalue weighted by Crippen LogP contribution is 2.34. The molecule has 1 aliphatic heterocycles. The van der Waals surface area contributed by atoms with Crippen LogP contribution in [0.4, 0.5) is 0 Å². The number of aliphatic hydroxyl groups is 1. The zero-order valence-electron chi connectivity index (χ0n) is 14.2. The number of hydrogen-bond acceptors (Lipinski definition) is 2. The van der Waals surface area contributed by atoms with E-state index in [1.54, 1.807) is 0 Å². The minimum Gasteiger partial charge on any atom is -0.385 e. The van der Waals surface area contributed by atoms with Crippen LogP contribution >= 0.6 is 0 Å². The van der Waals surface area contributed by atoms with Gasteiger partial charge in [-0.15, -0.1) is 0 Å². The van der Waals surface area contributed by atoms with E-state index in [0.717, 1.165) is 42.6 Å². The second-order valence-corrected chi connectivity index (χ2v) is 7.21. The molecular formula is C18H28N3O+. The highest BCUT2D eigenvalue weighted by molar-refractivity contribution is 5.81. The highest BCUT2D eigenvalue weighted by atomic mass is 16.3. The number of aromatic nitrogens is 1. The van der Waals surface area contributed by atoms with E-state index >= 15 is 0 Å². The maximum absolute atomic E-state index is 11.1. The Kier molecular flexibility index (Phi) is 3.79. The summed E-state index contributed by atoms with van der Waals surface area (Å²) in [6, 6.07) is 8.60. The van der Waals surface area contributed by atoms with Crippen LogP contribution in [0.15, 0.2) is 30.5 Å². The summed E-state index contributed by atoms with van der Waals surface area (Å²) in [6.07, 6.45) is 3.76. The molecule has 0 unspecified atom stereocenters. The fraction of sp³-hybridized carbons (Fsp3) is 0.556. The Labute approximate surface area is 133 Å². The average Bonchev–Trinajstić information content (AvgIpc) is 2.94. The van der Waals surface area contributed by atoms with E-state index in [9.17, 15) is 5.11 Å². The van der Waals surface area contributed by atoms with Gasteiger partial charge in [-0.2, -0.15) is 4.68 Å². The number of fused-ring (bicyclic) bond motifs is 1. The van der Waals surface area contributed by atoms with Gasteiger partial charge in [-0.25, -0.2) is 4.59 Å². The van der Waals surface area contributed by atoms with Crippen molar-refractivity contribution in [2.75, 3.05) is 40.8 Å². The van der Waals surface area contributed by atoms with E-state index in [-0.39, 0.29) is 0 Å². The van der Waals surface area contributed by atoms with Crippen LogP contribution in [0.2, 0.25) is 0 Å². The lowest BCUT2D eigenvalue weighted by Crippen LogP contribution is -2.50. The molecule has 22 heavy (non-hydrogen) atoms. The Morgan fingerprint density at radius 3 is 2.50 bits per heavy atom. The quantitative estimate of drug-likeness (QED) is 0.881. The van der Waals surface area contributed by atoms with Crippen molar-refractivity contribution in [3.8, 4) is 0 Å². The van der Waals surface area contributed by atoms with Gasteiger partial charge in [0.05, 0.1) is 32.4 Å². The monoisotopic (exact) mass is 302 g/mol. The summed E-state index contributed by atoms with van der Waals surface area (Å²) >= 11 is 0. The Balaban J connectivity index is 2.04. The first-order valence-corrected chi connectivity index (χ1v) is 8.22. The molecule has 3 rings (SSSR count). The highest BCUT2D eigenvalue weighted by Gasteiger charge is 2.33. The summed E-state index contributed by atoms with van der Waals surface area (Å²) in [5, 5.41) is 12.3. The predicted molar refractivity (Wildman–Crippen MR) is 92.5 cm³/mol. The maximum atomic E-state index is 11.1. The lowest BCUT2D eigenvalue weighted by molar-refractivity contribution is -0.0202. The molecule has 2 heterocycles. The van der Waals surface area contributed by atoms with Crippen LogP contribution in [0.5, 0.6) is 0 Å². The van der Waals surface area contributed by atoms with Gasteiger partial charge >= 0.3 is 0 Å². The lowest BCUT2D eigenvalue weighted by atomic mass is 9.84. The van der Waals surface area contributed by atoms with Gasteiger partial charge in [0, 0.05) is 18.5 Å². The van der Waals surface area contributed by atoms with Crippen molar-refractivity contribution in [2.24, 2.45) is 0 Å².